The van der Waals surface area contributed by atoms with Crippen LogP contribution in [0, 0.1) is 0 Å². The Labute approximate surface area is 82.9 Å². The van der Waals surface area contributed by atoms with Crippen LogP contribution >= 0.6 is 0 Å². The van der Waals surface area contributed by atoms with E-state index in [0.29, 0.717) is 6.61 Å². The first kappa shape index (κ1) is 12.7. The lowest BCUT2D eigenvalue weighted by atomic mass is 10.0. The molecule has 0 atom stereocenters. The third-order valence-electron chi connectivity index (χ3n) is 2.37. The van der Waals surface area contributed by atoms with Crippen LogP contribution in [0.5, 0.6) is 0 Å². The van der Waals surface area contributed by atoms with Crippen LogP contribution in [0.25, 0.3) is 0 Å². The molecule has 13 heavy (non-hydrogen) atoms. The van der Waals surface area contributed by atoms with Crippen molar-refractivity contribution in [1.29, 1.82) is 0 Å². The Bertz CT molecular complexity index is 127. The number of hydrogen-bond acceptors (Lipinski definition) is 1. The molecule has 0 aromatic carbocycles. The van der Waals surface area contributed by atoms with Gasteiger partial charge in [0.15, 0.2) is 0 Å². The average Bonchev–Trinajstić information content (AvgIpc) is 2.17. The molecule has 0 rings (SSSR count). The molecule has 0 saturated carbocycles. The lowest BCUT2D eigenvalue weighted by Crippen LogP contribution is -1.86. The van der Waals surface area contributed by atoms with Crippen molar-refractivity contribution < 1.29 is 5.11 Å². The number of unbranched alkanes of at least 4 members (excludes halogenated alkanes) is 3. The third kappa shape index (κ3) is 8.04. The maximum atomic E-state index is 8.68. The SMILES string of the molecule is CCCCCC/C(=C/CCO)CC. The second-order valence-corrected chi connectivity index (χ2v) is 3.54. The second-order valence-electron chi connectivity index (χ2n) is 3.54. The molecule has 0 fully saturated rings. The van der Waals surface area contributed by atoms with E-state index >= 15 is 0 Å². The Morgan fingerprint density at radius 3 is 2.46 bits per heavy atom. The predicted octanol–water partition coefficient (Wildman–Crippen LogP) is 3.68. The first-order valence-corrected chi connectivity index (χ1v) is 5.63. The quantitative estimate of drug-likeness (QED) is 0.451. The summed E-state index contributed by atoms with van der Waals surface area (Å²) in [6, 6.07) is 0. The van der Waals surface area contributed by atoms with E-state index in [-0.39, 0.29) is 0 Å². The molecule has 0 aliphatic rings. The summed E-state index contributed by atoms with van der Waals surface area (Å²) < 4.78 is 0. The number of rotatable bonds is 8. The van der Waals surface area contributed by atoms with E-state index in [0.717, 1.165) is 12.8 Å². The van der Waals surface area contributed by atoms with Crippen molar-refractivity contribution >= 4 is 0 Å². The molecule has 1 N–H and O–H groups in total. The van der Waals surface area contributed by atoms with Crippen molar-refractivity contribution in [3.63, 3.8) is 0 Å². The summed E-state index contributed by atoms with van der Waals surface area (Å²) in [5, 5.41) is 8.68. The van der Waals surface area contributed by atoms with Gasteiger partial charge in [-0.15, -0.1) is 0 Å². The minimum absolute atomic E-state index is 0.290. The summed E-state index contributed by atoms with van der Waals surface area (Å²) in [5.74, 6) is 0. The van der Waals surface area contributed by atoms with Crippen LogP contribution < -0.4 is 0 Å². The zero-order valence-corrected chi connectivity index (χ0v) is 9.18. The van der Waals surface area contributed by atoms with Crippen LogP contribution in [0.2, 0.25) is 0 Å². The van der Waals surface area contributed by atoms with Crippen molar-refractivity contribution in [2.45, 2.75) is 58.8 Å². The summed E-state index contributed by atoms with van der Waals surface area (Å²) in [5.41, 5.74) is 1.52. The first-order chi connectivity index (χ1) is 6.35. The van der Waals surface area contributed by atoms with Gasteiger partial charge in [0, 0.05) is 6.61 Å². The van der Waals surface area contributed by atoms with Gasteiger partial charge in [0.05, 0.1) is 0 Å². The number of allylic oxidation sites excluding steroid dienone is 1. The van der Waals surface area contributed by atoms with Crippen molar-refractivity contribution in [2.24, 2.45) is 0 Å². The molecule has 0 bridgehead atoms. The van der Waals surface area contributed by atoms with Gasteiger partial charge in [-0.3, -0.25) is 0 Å². The van der Waals surface area contributed by atoms with Crippen LogP contribution in [0.4, 0.5) is 0 Å². The molecule has 78 valence electrons. The second kappa shape index (κ2) is 9.79. The molecule has 0 saturated heterocycles. The van der Waals surface area contributed by atoms with Crippen LogP contribution in [0.15, 0.2) is 11.6 Å². The van der Waals surface area contributed by atoms with Gasteiger partial charge in [0.2, 0.25) is 0 Å². The van der Waals surface area contributed by atoms with Gasteiger partial charge in [0.1, 0.15) is 0 Å². The van der Waals surface area contributed by atoms with Crippen molar-refractivity contribution in [3.05, 3.63) is 11.6 Å². The molecule has 0 unspecified atom stereocenters. The Balaban J connectivity index is 3.47. The smallest absolute Gasteiger partial charge is 0.0465 e. The van der Waals surface area contributed by atoms with Crippen LogP contribution in [0.1, 0.15) is 58.8 Å². The third-order valence-corrected chi connectivity index (χ3v) is 2.37. The normalized spacial score (nSPS) is 12.1. The number of aliphatic hydroxyl groups is 1. The highest BCUT2D eigenvalue weighted by atomic mass is 16.2. The first-order valence-electron chi connectivity index (χ1n) is 5.63. The summed E-state index contributed by atoms with van der Waals surface area (Å²) in [7, 11) is 0. The Kier molecular flexibility index (Phi) is 9.56. The van der Waals surface area contributed by atoms with Gasteiger partial charge in [-0.25, -0.2) is 0 Å². The highest BCUT2D eigenvalue weighted by Crippen LogP contribution is 2.13. The zero-order valence-electron chi connectivity index (χ0n) is 9.18. The van der Waals surface area contributed by atoms with Gasteiger partial charge in [-0.05, 0) is 25.7 Å². The molecule has 0 aromatic rings. The summed E-state index contributed by atoms with van der Waals surface area (Å²) >= 11 is 0. The Hall–Kier alpha value is -0.300. The van der Waals surface area contributed by atoms with E-state index in [4.69, 9.17) is 5.11 Å². The van der Waals surface area contributed by atoms with E-state index in [2.05, 4.69) is 19.9 Å². The fourth-order valence-corrected chi connectivity index (χ4v) is 1.47. The molecular formula is C12H24O. The van der Waals surface area contributed by atoms with Gasteiger partial charge >= 0.3 is 0 Å². The lowest BCUT2D eigenvalue weighted by molar-refractivity contribution is 0.302. The predicted molar refractivity (Wildman–Crippen MR) is 58.8 cm³/mol. The topological polar surface area (TPSA) is 20.2 Å². The Morgan fingerprint density at radius 1 is 1.15 bits per heavy atom. The lowest BCUT2D eigenvalue weighted by Gasteiger charge is -2.03. The molecule has 1 nitrogen and oxygen atoms in total. The van der Waals surface area contributed by atoms with Crippen LogP contribution in [-0.4, -0.2) is 11.7 Å². The van der Waals surface area contributed by atoms with Crippen LogP contribution in [-0.2, 0) is 0 Å². The van der Waals surface area contributed by atoms with Gasteiger partial charge < -0.3 is 5.11 Å². The molecule has 0 radical (unpaired) electrons. The molecule has 0 aliphatic carbocycles. The minimum Gasteiger partial charge on any atom is -0.396 e. The Morgan fingerprint density at radius 2 is 1.92 bits per heavy atom. The molecule has 0 amide bonds. The summed E-state index contributed by atoms with van der Waals surface area (Å²) in [4.78, 5) is 0. The van der Waals surface area contributed by atoms with Gasteiger partial charge in [-0.2, -0.15) is 0 Å². The average molecular weight is 184 g/mol. The molecule has 0 spiro atoms. The fourth-order valence-electron chi connectivity index (χ4n) is 1.47. The number of hydrogen-bond donors (Lipinski definition) is 1. The van der Waals surface area contributed by atoms with Gasteiger partial charge in [-0.1, -0.05) is 44.8 Å². The van der Waals surface area contributed by atoms with Crippen LogP contribution in [0.3, 0.4) is 0 Å². The van der Waals surface area contributed by atoms with E-state index in [9.17, 15) is 0 Å². The fraction of sp³-hybridized carbons (Fsp3) is 0.833. The largest absolute Gasteiger partial charge is 0.396 e. The van der Waals surface area contributed by atoms with Crippen molar-refractivity contribution in [2.75, 3.05) is 6.61 Å². The highest BCUT2D eigenvalue weighted by Gasteiger charge is 1.94. The summed E-state index contributed by atoms with van der Waals surface area (Å²) in [6.45, 7) is 4.73. The summed E-state index contributed by atoms with van der Waals surface area (Å²) in [6.07, 6.45) is 10.7. The molecular weight excluding hydrogens is 160 g/mol. The van der Waals surface area contributed by atoms with Crippen molar-refractivity contribution in [1.82, 2.24) is 0 Å². The number of aliphatic hydroxyl groups excluding tert-OH is 1. The maximum absolute atomic E-state index is 8.68. The zero-order chi connectivity index (χ0) is 9.94. The maximum Gasteiger partial charge on any atom is 0.0465 e. The van der Waals surface area contributed by atoms with Gasteiger partial charge in [0.25, 0.3) is 0 Å². The molecule has 0 aliphatic heterocycles. The minimum atomic E-state index is 0.290. The molecule has 0 heterocycles. The van der Waals surface area contributed by atoms with E-state index in [1.54, 1.807) is 0 Å². The van der Waals surface area contributed by atoms with E-state index < -0.39 is 0 Å². The van der Waals surface area contributed by atoms with Crippen molar-refractivity contribution in [3.8, 4) is 0 Å². The molecule has 1 heteroatoms. The van der Waals surface area contributed by atoms with E-state index in [1.807, 2.05) is 0 Å². The molecule has 0 aromatic heterocycles. The standard InChI is InChI=1S/C12H24O/c1-3-5-6-7-9-12(4-2)10-8-11-13/h10,13H,3-9,11H2,1-2H3/b12-10+. The highest BCUT2D eigenvalue weighted by molar-refractivity contribution is 5.00. The van der Waals surface area contributed by atoms with E-state index in [1.165, 1.54) is 37.7 Å². The monoisotopic (exact) mass is 184 g/mol.